The molecule has 7 heteroatoms. The number of aliphatic hydroxyl groups is 1. The summed E-state index contributed by atoms with van der Waals surface area (Å²) in [7, 11) is 0. The number of amides is 1. The minimum atomic E-state index is -0.226. The molecule has 2 heterocycles. The number of piperazine rings is 1. The Balaban J connectivity index is 1.81. The number of nitrogens with zero attached hydrogens (tertiary/aromatic N) is 4. The number of oxazole rings is 1. The lowest BCUT2D eigenvalue weighted by Gasteiger charge is -2.34. The zero-order valence-electron chi connectivity index (χ0n) is 17.2. The van der Waals surface area contributed by atoms with Gasteiger partial charge in [-0.05, 0) is 19.3 Å². The number of carbonyl (C=O) groups excluding carboxylic acids is 1. The van der Waals surface area contributed by atoms with Crippen LogP contribution < -0.4 is 0 Å². The van der Waals surface area contributed by atoms with E-state index in [1.807, 2.05) is 4.90 Å². The van der Waals surface area contributed by atoms with E-state index >= 15 is 0 Å². The van der Waals surface area contributed by atoms with Gasteiger partial charge in [-0.1, -0.05) is 27.2 Å². The largest absolute Gasteiger partial charge is 0.447 e. The Morgan fingerprint density at radius 1 is 1.15 bits per heavy atom. The van der Waals surface area contributed by atoms with Gasteiger partial charge in [0.05, 0.1) is 12.6 Å². The average molecular weight is 381 g/mol. The van der Waals surface area contributed by atoms with Crippen LogP contribution in [-0.2, 0) is 6.54 Å². The van der Waals surface area contributed by atoms with Gasteiger partial charge in [0.25, 0.3) is 5.91 Å². The van der Waals surface area contributed by atoms with Crippen LogP contribution in [0.5, 0.6) is 0 Å². The highest BCUT2D eigenvalue weighted by Crippen LogP contribution is 2.12. The maximum Gasteiger partial charge on any atom is 0.275 e. The van der Waals surface area contributed by atoms with Crippen molar-refractivity contribution < 1.29 is 14.3 Å². The number of aliphatic hydroxyl groups excluding tert-OH is 1. The number of carbonyl (C=O) groups is 1. The van der Waals surface area contributed by atoms with Gasteiger partial charge in [0.15, 0.2) is 5.69 Å². The van der Waals surface area contributed by atoms with Crippen LogP contribution in [0.15, 0.2) is 10.7 Å². The predicted octanol–water partition coefficient (Wildman–Crippen LogP) is 2.22. The fraction of sp³-hybridized carbons (Fsp3) is 0.800. The Labute approximate surface area is 163 Å². The first kappa shape index (κ1) is 21.9. The summed E-state index contributed by atoms with van der Waals surface area (Å²) in [5.41, 5.74) is 0.410. The number of hydrogen-bond acceptors (Lipinski definition) is 6. The molecule has 1 aromatic heterocycles. The standard InChI is InChI=1S/C20H36N4O3/c1-4-7-17(25)14-22-10-12-23(13-11-22)15-19-21-18(16-27-19)20(26)24(8-5-2)9-6-3/h16-17,25H,4-15H2,1-3H3/t17-/m1/s1. The second-order valence-corrected chi connectivity index (χ2v) is 7.44. The topological polar surface area (TPSA) is 73.1 Å². The molecule has 27 heavy (non-hydrogen) atoms. The molecule has 1 atom stereocenters. The molecule has 2 rings (SSSR count). The van der Waals surface area contributed by atoms with Crippen molar-refractivity contribution in [2.24, 2.45) is 0 Å². The lowest BCUT2D eigenvalue weighted by atomic mass is 10.2. The van der Waals surface area contributed by atoms with Crippen molar-refractivity contribution in [3.8, 4) is 0 Å². The number of aromatic nitrogens is 1. The monoisotopic (exact) mass is 380 g/mol. The molecule has 1 N–H and O–H groups in total. The third kappa shape index (κ3) is 6.90. The van der Waals surface area contributed by atoms with E-state index in [1.54, 1.807) is 0 Å². The molecule has 0 radical (unpaired) electrons. The first-order chi connectivity index (χ1) is 13.1. The second-order valence-electron chi connectivity index (χ2n) is 7.44. The molecule has 1 amide bonds. The molecule has 1 fully saturated rings. The molecule has 1 saturated heterocycles. The number of β-amino-alcohol motifs (C(OH)–C–C–N with tert-alkyl or cyclic N) is 1. The summed E-state index contributed by atoms with van der Waals surface area (Å²) in [6.45, 7) is 12.8. The average Bonchev–Trinajstić information content (AvgIpc) is 3.11. The zero-order valence-corrected chi connectivity index (χ0v) is 17.2. The quantitative estimate of drug-likeness (QED) is 0.635. The van der Waals surface area contributed by atoms with Crippen molar-refractivity contribution in [2.45, 2.75) is 59.1 Å². The molecule has 154 valence electrons. The van der Waals surface area contributed by atoms with E-state index < -0.39 is 0 Å². The highest BCUT2D eigenvalue weighted by molar-refractivity contribution is 5.91. The third-order valence-electron chi connectivity index (χ3n) is 4.96. The summed E-state index contributed by atoms with van der Waals surface area (Å²) in [4.78, 5) is 23.5. The first-order valence-electron chi connectivity index (χ1n) is 10.4. The van der Waals surface area contributed by atoms with Crippen LogP contribution in [-0.4, -0.2) is 82.6 Å². The van der Waals surface area contributed by atoms with E-state index in [4.69, 9.17) is 4.42 Å². The summed E-state index contributed by atoms with van der Waals surface area (Å²) in [6.07, 6.45) is 5.02. The minimum absolute atomic E-state index is 0.0385. The normalized spacial score (nSPS) is 17.2. The summed E-state index contributed by atoms with van der Waals surface area (Å²) >= 11 is 0. The predicted molar refractivity (Wildman–Crippen MR) is 106 cm³/mol. The van der Waals surface area contributed by atoms with Crippen molar-refractivity contribution >= 4 is 5.91 Å². The van der Waals surface area contributed by atoms with Crippen molar-refractivity contribution in [1.82, 2.24) is 19.7 Å². The molecule has 1 aromatic rings. The zero-order chi connectivity index (χ0) is 19.6. The van der Waals surface area contributed by atoms with Crippen LogP contribution in [0.2, 0.25) is 0 Å². The van der Waals surface area contributed by atoms with Crippen LogP contribution in [0.1, 0.15) is 62.8 Å². The molecular formula is C20H36N4O3. The maximum atomic E-state index is 12.6. The molecule has 1 aliphatic heterocycles. The van der Waals surface area contributed by atoms with Crippen molar-refractivity contribution in [2.75, 3.05) is 45.8 Å². The lowest BCUT2D eigenvalue weighted by molar-refractivity contribution is 0.0634. The van der Waals surface area contributed by atoms with E-state index in [1.165, 1.54) is 6.26 Å². The van der Waals surface area contributed by atoms with Gasteiger partial charge in [-0.25, -0.2) is 4.98 Å². The van der Waals surface area contributed by atoms with Gasteiger partial charge >= 0.3 is 0 Å². The molecule has 7 nitrogen and oxygen atoms in total. The van der Waals surface area contributed by atoms with E-state index in [2.05, 4.69) is 35.6 Å². The lowest BCUT2D eigenvalue weighted by Crippen LogP contribution is -2.48. The molecular weight excluding hydrogens is 344 g/mol. The molecule has 0 aromatic carbocycles. The molecule has 0 bridgehead atoms. The van der Waals surface area contributed by atoms with Gasteiger partial charge in [-0.15, -0.1) is 0 Å². The molecule has 0 saturated carbocycles. The molecule has 0 unspecified atom stereocenters. The van der Waals surface area contributed by atoms with Crippen molar-refractivity contribution in [1.29, 1.82) is 0 Å². The van der Waals surface area contributed by atoms with Gasteiger partial charge in [0.2, 0.25) is 5.89 Å². The van der Waals surface area contributed by atoms with Gasteiger partial charge in [0, 0.05) is 45.8 Å². The number of rotatable bonds is 11. The van der Waals surface area contributed by atoms with Gasteiger partial charge in [-0.2, -0.15) is 0 Å². The fourth-order valence-electron chi connectivity index (χ4n) is 3.54. The molecule has 0 aliphatic carbocycles. The Kier molecular flexibility index (Phi) is 9.24. The fourth-order valence-corrected chi connectivity index (χ4v) is 3.54. The summed E-state index contributed by atoms with van der Waals surface area (Å²) < 4.78 is 5.56. The Bertz CT molecular complexity index is 549. The maximum absolute atomic E-state index is 12.6. The van der Waals surface area contributed by atoms with Gasteiger partial charge in [0.1, 0.15) is 6.26 Å². The van der Waals surface area contributed by atoms with Crippen LogP contribution >= 0.6 is 0 Å². The van der Waals surface area contributed by atoms with Crippen LogP contribution in [0, 0.1) is 0 Å². The summed E-state index contributed by atoms with van der Waals surface area (Å²) in [6, 6.07) is 0. The SMILES string of the molecule is CCC[C@@H](O)CN1CCN(Cc2nc(C(=O)N(CCC)CCC)co2)CC1. The number of hydrogen-bond donors (Lipinski definition) is 1. The van der Waals surface area contributed by atoms with Crippen LogP contribution in [0.25, 0.3) is 0 Å². The van der Waals surface area contributed by atoms with Gasteiger partial charge in [-0.3, -0.25) is 14.6 Å². The van der Waals surface area contributed by atoms with E-state index in [-0.39, 0.29) is 12.0 Å². The highest BCUT2D eigenvalue weighted by atomic mass is 16.3. The van der Waals surface area contributed by atoms with Crippen molar-refractivity contribution in [3.05, 3.63) is 17.8 Å². The van der Waals surface area contributed by atoms with Gasteiger partial charge < -0.3 is 14.4 Å². The molecule has 1 aliphatic rings. The van der Waals surface area contributed by atoms with Crippen LogP contribution in [0.4, 0.5) is 0 Å². The summed E-state index contributed by atoms with van der Waals surface area (Å²) in [5, 5.41) is 9.96. The van der Waals surface area contributed by atoms with E-state index in [0.717, 1.165) is 71.5 Å². The first-order valence-corrected chi connectivity index (χ1v) is 10.4. The third-order valence-corrected chi connectivity index (χ3v) is 4.96. The van der Waals surface area contributed by atoms with E-state index in [0.29, 0.717) is 18.1 Å². The Hall–Kier alpha value is -1.44. The Morgan fingerprint density at radius 3 is 2.37 bits per heavy atom. The summed E-state index contributed by atoms with van der Waals surface area (Å²) in [5.74, 6) is 0.564. The highest BCUT2D eigenvalue weighted by Gasteiger charge is 2.22. The van der Waals surface area contributed by atoms with Crippen molar-refractivity contribution in [3.63, 3.8) is 0 Å². The second kappa shape index (κ2) is 11.4. The Morgan fingerprint density at radius 2 is 1.78 bits per heavy atom. The molecule has 0 spiro atoms. The van der Waals surface area contributed by atoms with Crippen LogP contribution in [0.3, 0.4) is 0 Å². The minimum Gasteiger partial charge on any atom is -0.447 e. The van der Waals surface area contributed by atoms with E-state index in [9.17, 15) is 9.90 Å². The smallest absolute Gasteiger partial charge is 0.275 e.